The molecule has 1 aliphatic carbocycles. The molecule has 0 saturated carbocycles. The molecule has 0 aromatic carbocycles. The lowest BCUT2D eigenvalue weighted by atomic mass is 9.96. The van der Waals surface area contributed by atoms with Crippen molar-refractivity contribution in [2.24, 2.45) is 0 Å². The first-order valence-electron chi connectivity index (χ1n) is 6.95. The zero-order valence-corrected chi connectivity index (χ0v) is 13.0. The normalized spacial score (nSPS) is 12.3. The molecule has 1 aromatic heterocycles. The Kier molecular flexibility index (Phi) is 4.94. The van der Waals surface area contributed by atoms with E-state index >= 15 is 0 Å². The number of hydrogen-bond acceptors (Lipinski definition) is 5. The SMILES string of the molecule is CC(CC(=O)Nc1sc2c(c1C#N)CCCC2)=C(C#N)C#N. The Bertz CT molecular complexity index is 752. The predicted molar refractivity (Wildman–Crippen MR) is 82.8 cm³/mol. The van der Waals surface area contributed by atoms with Crippen molar-refractivity contribution in [2.45, 2.75) is 39.0 Å². The molecule has 1 amide bonds. The van der Waals surface area contributed by atoms with E-state index in [4.69, 9.17) is 10.5 Å². The molecule has 110 valence electrons. The Hall–Kier alpha value is -2.62. The van der Waals surface area contributed by atoms with Crippen LogP contribution in [0.25, 0.3) is 0 Å². The Balaban J connectivity index is 2.19. The molecule has 22 heavy (non-hydrogen) atoms. The second-order valence-electron chi connectivity index (χ2n) is 5.13. The minimum absolute atomic E-state index is 0.0239. The van der Waals surface area contributed by atoms with Crippen molar-refractivity contribution in [2.75, 3.05) is 5.32 Å². The third-order valence-corrected chi connectivity index (χ3v) is 4.82. The standard InChI is InChI=1S/C16H14N4OS/c1-10(11(7-17)8-18)6-15(21)20-16-13(9-19)12-4-2-3-5-14(12)22-16/h2-6H2,1H3,(H,20,21). The first-order chi connectivity index (χ1) is 10.6. The minimum Gasteiger partial charge on any atom is -0.316 e. The average Bonchev–Trinajstić information content (AvgIpc) is 2.85. The van der Waals surface area contributed by atoms with Gasteiger partial charge in [-0.25, -0.2) is 0 Å². The zero-order chi connectivity index (χ0) is 16.1. The lowest BCUT2D eigenvalue weighted by Crippen LogP contribution is -2.12. The molecule has 0 aliphatic heterocycles. The highest BCUT2D eigenvalue weighted by atomic mass is 32.1. The number of anilines is 1. The number of nitrogens with zero attached hydrogens (tertiary/aromatic N) is 3. The van der Waals surface area contributed by atoms with E-state index in [0.29, 0.717) is 16.1 Å². The maximum atomic E-state index is 12.1. The van der Waals surface area contributed by atoms with Crippen molar-refractivity contribution in [3.05, 3.63) is 27.2 Å². The number of hydrogen-bond donors (Lipinski definition) is 1. The lowest BCUT2D eigenvalue weighted by molar-refractivity contribution is -0.115. The Morgan fingerprint density at radius 2 is 1.91 bits per heavy atom. The Morgan fingerprint density at radius 1 is 1.23 bits per heavy atom. The highest BCUT2D eigenvalue weighted by Gasteiger charge is 2.21. The van der Waals surface area contributed by atoms with Gasteiger partial charge in [0.1, 0.15) is 28.8 Å². The third-order valence-electron chi connectivity index (χ3n) is 3.61. The number of nitriles is 3. The van der Waals surface area contributed by atoms with E-state index in [1.807, 2.05) is 0 Å². The van der Waals surface area contributed by atoms with Gasteiger partial charge >= 0.3 is 0 Å². The van der Waals surface area contributed by atoms with Gasteiger partial charge in [-0.1, -0.05) is 0 Å². The fourth-order valence-corrected chi connectivity index (χ4v) is 3.74. The summed E-state index contributed by atoms with van der Waals surface area (Å²) < 4.78 is 0. The van der Waals surface area contributed by atoms with Crippen molar-refractivity contribution >= 4 is 22.2 Å². The monoisotopic (exact) mass is 310 g/mol. The molecule has 0 bridgehead atoms. The van der Waals surface area contributed by atoms with Crippen LogP contribution in [0.4, 0.5) is 5.00 Å². The largest absolute Gasteiger partial charge is 0.316 e. The number of carbonyl (C=O) groups is 1. The second kappa shape index (κ2) is 6.89. The number of fused-ring (bicyclic) bond motifs is 1. The molecule has 1 aromatic rings. The number of rotatable bonds is 3. The van der Waals surface area contributed by atoms with Crippen LogP contribution >= 0.6 is 11.3 Å². The van der Waals surface area contributed by atoms with E-state index in [1.165, 1.54) is 16.2 Å². The molecule has 0 radical (unpaired) electrons. The molecule has 6 heteroatoms. The number of allylic oxidation sites excluding steroid dienone is 1. The van der Waals surface area contributed by atoms with Crippen molar-refractivity contribution in [3.8, 4) is 18.2 Å². The molecule has 0 fully saturated rings. The van der Waals surface area contributed by atoms with E-state index in [9.17, 15) is 10.1 Å². The molecule has 2 rings (SSSR count). The van der Waals surface area contributed by atoms with Gasteiger partial charge in [-0.3, -0.25) is 4.79 Å². The van der Waals surface area contributed by atoms with Crippen molar-refractivity contribution in [1.82, 2.24) is 0 Å². The van der Waals surface area contributed by atoms with Crippen LogP contribution in [0.5, 0.6) is 0 Å². The molecule has 1 aliphatic rings. The van der Waals surface area contributed by atoms with Gasteiger partial charge in [-0.15, -0.1) is 11.3 Å². The quantitative estimate of drug-likeness (QED) is 0.866. The summed E-state index contributed by atoms with van der Waals surface area (Å²) in [5, 5.41) is 30.3. The Labute approximate surface area is 133 Å². The van der Waals surface area contributed by atoms with Crippen LogP contribution in [0, 0.1) is 34.0 Å². The molecule has 0 spiro atoms. The number of nitrogens with one attached hydrogen (secondary N) is 1. The van der Waals surface area contributed by atoms with Gasteiger partial charge in [0.2, 0.25) is 5.91 Å². The first kappa shape index (κ1) is 15.8. The molecule has 0 saturated heterocycles. The van der Waals surface area contributed by atoms with Gasteiger partial charge in [-0.05, 0) is 43.7 Å². The summed E-state index contributed by atoms with van der Waals surface area (Å²) in [7, 11) is 0. The molecule has 1 heterocycles. The van der Waals surface area contributed by atoms with Crippen LogP contribution in [0.1, 0.15) is 42.2 Å². The third kappa shape index (κ3) is 3.17. The fraction of sp³-hybridized carbons (Fsp3) is 0.375. The van der Waals surface area contributed by atoms with E-state index in [1.54, 1.807) is 19.1 Å². The number of amides is 1. The van der Waals surface area contributed by atoms with Crippen LogP contribution in [0.15, 0.2) is 11.1 Å². The number of thiophene rings is 1. The fourth-order valence-electron chi connectivity index (χ4n) is 2.49. The average molecular weight is 310 g/mol. The molecule has 0 unspecified atom stereocenters. The van der Waals surface area contributed by atoms with Crippen LogP contribution < -0.4 is 5.32 Å². The number of carbonyl (C=O) groups excluding carboxylic acids is 1. The smallest absolute Gasteiger partial charge is 0.229 e. The first-order valence-corrected chi connectivity index (χ1v) is 7.76. The lowest BCUT2D eigenvalue weighted by Gasteiger charge is -2.09. The van der Waals surface area contributed by atoms with Crippen LogP contribution in [0.2, 0.25) is 0 Å². The van der Waals surface area contributed by atoms with Gasteiger partial charge in [0, 0.05) is 11.3 Å². The van der Waals surface area contributed by atoms with Gasteiger partial charge < -0.3 is 5.32 Å². The molecular formula is C16H14N4OS. The summed E-state index contributed by atoms with van der Waals surface area (Å²) in [5.74, 6) is -0.310. The van der Waals surface area contributed by atoms with E-state index in [2.05, 4.69) is 11.4 Å². The molecule has 1 N–H and O–H groups in total. The predicted octanol–water partition coefficient (Wildman–Crippen LogP) is 3.19. The summed E-state index contributed by atoms with van der Waals surface area (Å²) in [6.45, 7) is 1.59. The van der Waals surface area contributed by atoms with Crippen molar-refractivity contribution in [1.29, 1.82) is 15.8 Å². The van der Waals surface area contributed by atoms with Gasteiger partial charge in [0.05, 0.1) is 5.56 Å². The summed E-state index contributed by atoms with van der Waals surface area (Å²) in [6, 6.07) is 5.73. The van der Waals surface area contributed by atoms with E-state index in [-0.39, 0.29) is 17.9 Å². The highest BCUT2D eigenvalue weighted by molar-refractivity contribution is 7.16. The maximum Gasteiger partial charge on any atom is 0.229 e. The van der Waals surface area contributed by atoms with Crippen molar-refractivity contribution in [3.63, 3.8) is 0 Å². The molecular weight excluding hydrogens is 296 g/mol. The number of aryl methyl sites for hydroxylation is 1. The zero-order valence-electron chi connectivity index (χ0n) is 12.2. The molecule has 5 nitrogen and oxygen atoms in total. The summed E-state index contributed by atoms with van der Waals surface area (Å²) in [5.41, 5.74) is 2.02. The van der Waals surface area contributed by atoms with Gasteiger partial charge in [0.25, 0.3) is 0 Å². The summed E-state index contributed by atoms with van der Waals surface area (Å²) in [6.07, 6.45) is 4.00. The van der Waals surface area contributed by atoms with Crippen molar-refractivity contribution < 1.29 is 4.79 Å². The summed E-state index contributed by atoms with van der Waals surface area (Å²) >= 11 is 1.46. The van der Waals surface area contributed by atoms with Gasteiger partial charge in [0.15, 0.2) is 0 Å². The molecule has 0 atom stereocenters. The Morgan fingerprint density at radius 3 is 2.55 bits per heavy atom. The second-order valence-corrected chi connectivity index (χ2v) is 6.24. The highest BCUT2D eigenvalue weighted by Crippen LogP contribution is 2.37. The van der Waals surface area contributed by atoms with Crippen LogP contribution in [0.3, 0.4) is 0 Å². The van der Waals surface area contributed by atoms with Gasteiger partial charge in [-0.2, -0.15) is 15.8 Å². The minimum atomic E-state index is -0.310. The van der Waals surface area contributed by atoms with E-state index < -0.39 is 0 Å². The van der Waals surface area contributed by atoms with Crippen LogP contribution in [-0.4, -0.2) is 5.91 Å². The van der Waals surface area contributed by atoms with E-state index in [0.717, 1.165) is 31.2 Å². The maximum absolute atomic E-state index is 12.1. The summed E-state index contributed by atoms with van der Waals surface area (Å²) in [4.78, 5) is 13.3. The topological polar surface area (TPSA) is 100 Å². The van der Waals surface area contributed by atoms with Crippen LogP contribution in [-0.2, 0) is 17.6 Å².